The molecule has 166 valence electrons. The first-order chi connectivity index (χ1) is 14.7. The molecule has 0 aliphatic carbocycles. The molecule has 2 amide bonds. The first-order valence-corrected chi connectivity index (χ1v) is 12.0. The quantitative estimate of drug-likeness (QED) is 0.693. The van der Waals surface area contributed by atoms with Crippen molar-refractivity contribution in [3.63, 3.8) is 0 Å². The monoisotopic (exact) mass is 465 g/mol. The van der Waals surface area contributed by atoms with E-state index in [0.717, 1.165) is 10.8 Å². The summed E-state index contributed by atoms with van der Waals surface area (Å²) < 4.78 is 28.3. The number of benzene rings is 2. The number of amides is 2. The highest BCUT2D eigenvalue weighted by Gasteiger charge is 2.40. The van der Waals surface area contributed by atoms with Crippen molar-refractivity contribution in [2.75, 3.05) is 19.6 Å². The number of sulfonamides is 1. The van der Waals surface area contributed by atoms with E-state index < -0.39 is 34.1 Å². The smallest absolute Gasteiger partial charge is 0.245 e. The van der Waals surface area contributed by atoms with E-state index in [9.17, 15) is 23.1 Å². The Bertz CT molecular complexity index is 1140. The number of carbonyl (C=O) groups excluding carboxylic acids is 2. The van der Waals surface area contributed by atoms with E-state index in [1.54, 1.807) is 36.1 Å². The summed E-state index contributed by atoms with van der Waals surface area (Å²) in [5.74, 6) is -0.654. The number of halogens is 1. The van der Waals surface area contributed by atoms with E-state index in [1.807, 2.05) is 0 Å². The summed E-state index contributed by atoms with van der Waals surface area (Å²) in [5, 5.41) is 11.7. The molecule has 0 bridgehead atoms. The highest BCUT2D eigenvalue weighted by molar-refractivity contribution is 7.89. The summed E-state index contributed by atoms with van der Waals surface area (Å²) in [6.45, 7) is 2.63. The molecule has 31 heavy (non-hydrogen) atoms. The average Bonchev–Trinajstić information content (AvgIpc) is 3.32. The molecular formula is C21H24ClN3O5S. The SMILES string of the molecule is C[C@@H](C(=O)N1CCC(O)C1)N1CC[C@H](NS(=O)(=O)c2ccc3cc(Cl)ccc3c2)C1=O. The van der Waals surface area contributed by atoms with E-state index in [0.29, 0.717) is 18.0 Å². The van der Waals surface area contributed by atoms with Crippen molar-refractivity contribution >= 4 is 44.2 Å². The van der Waals surface area contributed by atoms with Gasteiger partial charge in [0.25, 0.3) is 0 Å². The zero-order valence-electron chi connectivity index (χ0n) is 17.0. The molecule has 2 aliphatic heterocycles. The number of aliphatic hydroxyl groups is 1. The number of hydrogen-bond acceptors (Lipinski definition) is 5. The Kier molecular flexibility index (Phi) is 5.95. The third kappa shape index (κ3) is 4.41. The maximum atomic E-state index is 12.9. The minimum atomic E-state index is -3.93. The number of nitrogens with one attached hydrogen (secondary N) is 1. The molecule has 2 heterocycles. The van der Waals surface area contributed by atoms with E-state index in [1.165, 1.54) is 17.0 Å². The van der Waals surface area contributed by atoms with E-state index in [4.69, 9.17) is 11.6 Å². The molecule has 4 rings (SSSR count). The fourth-order valence-electron chi connectivity index (χ4n) is 4.15. The van der Waals surface area contributed by atoms with Gasteiger partial charge in [0.15, 0.2) is 0 Å². The topological polar surface area (TPSA) is 107 Å². The van der Waals surface area contributed by atoms with Gasteiger partial charge in [-0.1, -0.05) is 23.7 Å². The highest BCUT2D eigenvalue weighted by atomic mass is 35.5. The standard InChI is InChI=1S/C21H24ClN3O5S/c1-13(20(27)24-8-6-17(26)12-24)25-9-7-19(21(25)28)23-31(29,30)18-5-3-14-10-16(22)4-2-15(14)11-18/h2-5,10-11,13,17,19,23,26H,6-9,12H2,1H3/t13-,17?,19-/m0/s1. The van der Waals surface area contributed by atoms with Crippen LogP contribution in [0, 0.1) is 0 Å². The molecule has 2 fully saturated rings. The van der Waals surface area contributed by atoms with Gasteiger partial charge in [-0.05, 0) is 54.8 Å². The zero-order chi connectivity index (χ0) is 22.3. The first kappa shape index (κ1) is 22.0. The number of aliphatic hydroxyl groups excluding tert-OH is 1. The molecule has 0 saturated carbocycles. The molecule has 1 unspecified atom stereocenters. The lowest BCUT2D eigenvalue weighted by atomic mass is 10.1. The highest BCUT2D eigenvalue weighted by Crippen LogP contribution is 2.24. The normalized spacial score (nSPS) is 23.0. The second-order valence-electron chi connectivity index (χ2n) is 8.05. The fourth-order valence-corrected chi connectivity index (χ4v) is 5.59. The van der Waals surface area contributed by atoms with Crippen LogP contribution >= 0.6 is 11.6 Å². The number of β-amino-alcohol motifs (C(OH)–C–C–N with tert-alkyl or cyclic N) is 1. The first-order valence-electron chi connectivity index (χ1n) is 10.1. The second-order valence-corrected chi connectivity index (χ2v) is 10.2. The van der Waals surface area contributed by atoms with Gasteiger partial charge in [0.05, 0.1) is 11.0 Å². The molecule has 0 radical (unpaired) electrons. The molecular weight excluding hydrogens is 442 g/mol. The van der Waals surface area contributed by atoms with E-state index in [-0.39, 0.29) is 30.3 Å². The molecule has 10 heteroatoms. The molecule has 2 aliphatic rings. The van der Waals surface area contributed by atoms with E-state index >= 15 is 0 Å². The van der Waals surface area contributed by atoms with Crippen molar-refractivity contribution in [2.24, 2.45) is 0 Å². The molecule has 2 aromatic carbocycles. The van der Waals surface area contributed by atoms with Crippen LogP contribution in [0.15, 0.2) is 41.3 Å². The summed E-state index contributed by atoms with van der Waals surface area (Å²) in [7, 11) is -3.93. The molecule has 8 nitrogen and oxygen atoms in total. The molecule has 0 spiro atoms. The van der Waals surface area contributed by atoms with Gasteiger partial charge >= 0.3 is 0 Å². The number of likely N-dealkylation sites (tertiary alicyclic amines) is 2. The number of nitrogens with zero attached hydrogens (tertiary/aromatic N) is 2. The summed E-state index contributed by atoms with van der Waals surface area (Å²) in [6, 6.07) is 8.22. The Morgan fingerprint density at radius 1 is 1.16 bits per heavy atom. The van der Waals surface area contributed by atoms with Gasteiger partial charge in [-0.3, -0.25) is 9.59 Å². The molecule has 2 N–H and O–H groups in total. The average molecular weight is 466 g/mol. The van der Waals surface area contributed by atoms with Gasteiger partial charge in [-0.15, -0.1) is 0 Å². The van der Waals surface area contributed by atoms with Crippen molar-refractivity contribution in [1.82, 2.24) is 14.5 Å². The van der Waals surface area contributed by atoms with Crippen LogP contribution in [0.5, 0.6) is 0 Å². The lowest BCUT2D eigenvalue weighted by Crippen LogP contribution is -2.50. The van der Waals surface area contributed by atoms with Gasteiger partial charge < -0.3 is 14.9 Å². The lowest BCUT2D eigenvalue weighted by molar-refractivity contribution is -0.142. The molecule has 2 aromatic rings. The molecule has 3 atom stereocenters. The van der Waals surface area contributed by atoms with Gasteiger partial charge in [0.1, 0.15) is 12.1 Å². The zero-order valence-corrected chi connectivity index (χ0v) is 18.6. The van der Waals surface area contributed by atoms with Crippen LogP contribution in [0.25, 0.3) is 10.8 Å². The van der Waals surface area contributed by atoms with Gasteiger partial charge in [0.2, 0.25) is 21.8 Å². The molecule has 2 saturated heterocycles. The van der Waals surface area contributed by atoms with Crippen LogP contribution < -0.4 is 4.72 Å². The van der Waals surface area contributed by atoms with Crippen LogP contribution in [-0.4, -0.2) is 73.0 Å². The summed E-state index contributed by atoms with van der Waals surface area (Å²) in [6.07, 6.45) is 0.261. The predicted molar refractivity (Wildman–Crippen MR) is 116 cm³/mol. The van der Waals surface area contributed by atoms with Crippen molar-refractivity contribution in [2.45, 2.75) is 42.8 Å². The van der Waals surface area contributed by atoms with Crippen molar-refractivity contribution in [3.05, 3.63) is 41.4 Å². The third-order valence-electron chi connectivity index (χ3n) is 5.92. The minimum absolute atomic E-state index is 0.0590. The van der Waals surface area contributed by atoms with Gasteiger partial charge in [-0.2, -0.15) is 4.72 Å². The fraction of sp³-hybridized carbons (Fsp3) is 0.429. The number of rotatable bonds is 5. The van der Waals surface area contributed by atoms with Crippen molar-refractivity contribution in [3.8, 4) is 0 Å². The van der Waals surface area contributed by atoms with Crippen molar-refractivity contribution < 1.29 is 23.1 Å². The summed E-state index contributed by atoms with van der Waals surface area (Å²) in [5.41, 5.74) is 0. The Morgan fingerprint density at radius 2 is 1.87 bits per heavy atom. The van der Waals surface area contributed by atoms with Gasteiger partial charge in [-0.25, -0.2) is 8.42 Å². The Labute approximate surface area is 185 Å². The Hall–Kier alpha value is -2.20. The Morgan fingerprint density at radius 3 is 2.58 bits per heavy atom. The lowest BCUT2D eigenvalue weighted by Gasteiger charge is -2.28. The Balaban J connectivity index is 1.46. The second kappa shape index (κ2) is 8.38. The molecule has 0 aromatic heterocycles. The largest absolute Gasteiger partial charge is 0.391 e. The number of fused-ring (bicyclic) bond motifs is 1. The maximum Gasteiger partial charge on any atom is 0.245 e. The van der Waals surface area contributed by atoms with E-state index in [2.05, 4.69) is 4.72 Å². The van der Waals surface area contributed by atoms with Crippen LogP contribution in [0.2, 0.25) is 5.02 Å². The van der Waals surface area contributed by atoms with Crippen LogP contribution in [0.3, 0.4) is 0 Å². The third-order valence-corrected chi connectivity index (χ3v) is 7.63. The summed E-state index contributed by atoms with van der Waals surface area (Å²) in [4.78, 5) is 28.5. The summed E-state index contributed by atoms with van der Waals surface area (Å²) >= 11 is 5.98. The van der Waals surface area contributed by atoms with Crippen LogP contribution in [0.1, 0.15) is 19.8 Å². The van der Waals surface area contributed by atoms with Gasteiger partial charge in [0, 0.05) is 24.7 Å². The predicted octanol–water partition coefficient (Wildman–Crippen LogP) is 1.35. The van der Waals surface area contributed by atoms with Crippen molar-refractivity contribution in [1.29, 1.82) is 0 Å². The minimum Gasteiger partial charge on any atom is -0.391 e. The van der Waals surface area contributed by atoms with Crippen LogP contribution in [0.4, 0.5) is 0 Å². The van der Waals surface area contributed by atoms with Crippen LogP contribution in [-0.2, 0) is 19.6 Å². The maximum absolute atomic E-state index is 12.9. The number of hydrogen-bond donors (Lipinski definition) is 2. The number of carbonyl (C=O) groups is 2.